The molecule has 2 rings (SSSR count). The summed E-state index contributed by atoms with van der Waals surface area (Å²) in [6.45, 7) is 2.18. The Hall–Kier alpha value is -2.28. The van der Waals surface area contributed by atoms with Crippen molar-refractivity contribution in [2.24, 2.45) is 0 Å². The van der Waals surface area contributed by atoms with E-state index in [0.29, 0.717) is 25.0 Å². The summed E-state index contributed by atoms with van der Waals surface area (Å²) in [6.07, 6.45) is 2.53. The molecule has 0 saturated carbocycles. The highest BCUT2D eigenvalue weighted by molar-refractivity contribution is 5.84. The monoisotopic (exact) mass is 285 g/mol. The third-order valence-electron chi connectivity index (χ3n) is 3.70. The molecular formula is C17H19NO3. The predicted octanol–water partition coefficient (Wildman–Crippen LogP) is 3.26. The van der Waals surface area contributed by atoms with Gasteiger partial charge in [-0.2, -0.15) is 5.26 Å². The van der Waals surface area contributed by atoms with E-state index in [1.54, 1.807) is 14.0 Å². The van der Waals surface area contributed by atoms with E-state index < -0.39 is 0 Å². The zero-order valence-electron chi connectivity index (χ0n) is 12.4. The number of fused-ring (bicyclic) bond motifs is 1. The standard InChI is InChI=1S/C17H19NO3/c1-3-21-17(19)10-8-12-7-9-14-13(15(12)11-18)5-4-6-16(14)20-2/h4-6H,3,7-10H2,1-2H3. The quantitative estimate of drug-likeness (QED) is 0.779. The fraction of sp³-hybridized carbons (Fsp3) is 0.412. The van der Waals surface area contributed by atoms with Gasteiger partial charge in [0.05, 0.1) is 25.4 Å². The van der Waals surface area contributed by atoms with Crippen molar-refractivity contribution in [3.05, 3.63) is 34.9 Å². The molecule has 21 heavy (non-hydrogen) atoms. The zero-order chi connectivity index (χ0) is 15.2. The van der Waals surface area contributed by atoms with Gasteiger partial charge in [-0.3, -0.25) is 4.79 Å². The van der Waals surface area contributed by atoms with Gasteiger partial charge in [-0.15, -0.1) is 0 Å². The van der Waals surface area contributed by atoms with Gasteiger partial charge >= 0.3 is 5.97 Å². The number of nitrogens with zero attached hydrogens (tertiary/aromatic N) is 1. The summed E-state index contributed by atoms with van der Waals surface area (Å²) in [6, 6.07) is 8.04. The minimum Gasteiger partial charge on any atom is -0.496 e. The summed E-state index contributed by atoms with van der Waals surface area (Å²) in [5.41, 5.74) is 3.73. The maximum atomic E-state index is 11.5. The molecule has 0 heterocycles. The zero-order valence-corrected chi connectivity index (χ0v) is 12.4. The van der Waals surface area contributed by atoms with E-state index in [2.05, 4.69) is 6.07 Å². The Bertz CT molecular complexity index is 611. The van der Waals surface area contributed by atoms with Crippen molar-refractivity contribution in [3.8, 4) is 11.8 Å². The van der Waals surface area contributed by atoms with Gasteiger partial charge in [-0.05, 0) is 37.8 Å². The Balaban J connectivity index is 2.27. The minimum absolute atomic E-state index is 0.210. The third kappa shape index (κ3) is 3.25. The summed E-state index contributed by atoms with van der Waals surface area (Å²) in [7, 11) is 1.64. The predicted molar refractivity (Wildman–Crippen MR) is 79.7 cm³/mol. The van der Waals surface area contributed by atoms with Gasteiger partial charge in [-0.1, -0.05) is 17.7 Å². The van der Waals surface area contributed by atoms with Crippen molar-refractivity contribution < 1.29 is 14.3 Å². The first-order chi connectivity index (χ1) is 10.2. The number of rotatable bonds is 5. The Labute approximate surface area is 125 Å². The van der Waals surface area contributed by atoms with Crippen molar-refractivity contribution in [1.82, 2.24) is 0 Å². The average molecular weight is 285 g/mol. The molecule has 0 unspecified atom stereocenters. The largest absolute Gasteiger partial charge is 0.496 e. The molecule has 1 aromatic carbocycles. The second-order valence-corrected chi connectivity index (χ2v) is 4.88. The van der Waals surface area contributed by atoms with Crippen LogP contribution in [-0.2, 0) is 16.0 Å². The van der Waals surface area contributed by atoms with Crippen LogP contribution in [0.15, 0.2) is 23.8 Å². The normalized spacial score (nSPS) is 13.4. The fourth-order valence-electron chi connectivity index (χ4n) is 2.72. The first kappa shape index (κ1) is 15.1. The van der Waals surface area contributed by atoms with Crippen LogP contribution < -0.4 is 4.74 Å². The summed E-state index contributed by atoms with van der Waals surface area (Å²) < 4.78 is 10.3. The van der Waals surface area contributed by atoms with Gasteiger partial charge < -0.3 is 9.47 Å². The maximum Gasteiger partial charge on any atom is 0.306 e. The molecule has 0 aliphatic heterocycles. The molecule has 0 aromatic heterocycles. The Morgan fingerprint density at radius 1 is 1.38 bits per heavy atom. The number of nitriles is 1. The number of esters is 1. The lowest BCUT2D eigenvalue weighted by Crippen LogP contribution is -2.09. The Morgan fingerprint density at radius 2 is 2.19 bits per heavy atom. The van der Waals surface area contributed by atoms with Crippen LogP contribution in [0.25, 0.3) is 5.57 Å². The molecule has 0 atom stereocenters. The molecule has 0 N–H and O–H groups in total. The molecule has 0 spiro atoms. The van der Waals surface area contributed by atoms with Gasteiger partial charge in [0.25, 0.3) is 0 Å². The average Bonchev–Trinajstić information content (AvgIpc) is 2.51. The van der Waals surface area contributed by atoms with Crippen molar-refractivity contribution in [2.45, 2.75) is 32.6 Å². The summed E-state index contributed by atoms with van der Waals surface area (Å²) in [5, 5.41) is 9.48. The third-order valence-corrected chi connectivity index (χ3v) is 3.70. The molecule has 110 valence electrons. The number of ether oxygens (including phenoxy) is 2. The number of carbonyl (C=O) groups excluding carboxylic acids is 1. The van der Waals surface area contributed by atoms with E-state index in [0.717, 1.165) is 35.3 Å². The van der Waals surface area contributed by atoms with Gasteiger partial charge in [0.15, 0.2) is 0 Å². The van der Waals surface area contributed by atoms with Crippen molar-refractivity contribution in [3.63, 3.8) is 0 Å². The maximum absolute atomic E-state index is 11.5. The summed E-state index contributed by atoms with van der Waals surface area (Å²) in [4.78, 5) is 11.5. The highest BCUT2D eigenvalue weighted by Gasteiger charge is 2.22. The molecule has 1 aliphatic carbocycles. The molecule has 0 amide bonds. The van der Waals surface area contributed by atoms with E-state index in [9.17, 15) is 10.1 Å². The number of carbonyl (C=O) groups is 1. The lowest BCUT2D eigenvalue weighted by molar-refractivity contribution is -0.143. The summed E-state index contributed by atoms with van der Waals surface area (Å²) in [5.74, 6) is 0.614. The van der Waals surface area contributed by atoms with Gasteiger partial charge in [0.1, 0.15) is 5.75 Å². The van der Waals surface area contributed by atoms with E-state index >= 15 is 0 Å². The number of hydrogen-bond donors (Lipinski definition) is 0. The molecule has 1 aliphatic rings. The number of hydrogen-bond acceptors (Lipinski definition) is 4. The molecule has 0 bridgehead atoms. The van der Waals surface area contributed by atoms with Crippen LogP contribution in [0.3, 0.4) is 0 Å². The van der Waals surface area contributed by atoms with Crippen LogP contribution in [0.5, 0.6) is 5.75 Å². The topological polar surface area (TPSA) is 59.3 Å². The van der Waals surface area contributed by atoms with Crippen LogP contribution >= 0.6 is 0 Å². The Morgan fingerprint density at radius 3 is 2.86 bits per heavy atom. The van der Waals surface area contributed by atoms with Crippen LogP contribution in [0.2, 0.25) is 0 Å². The van der Waals surface area contributed by atoms with Crippen molar-refractivity contribution in [1.29, 1.82) is 5.26 Å². The van der Waals surface area contributed by atoms with Crippen molar-refractivity contribution >= 4 is 11.5 Å². The van der Waals surface area contributed by atoms with Gasteiger partial charge in [0.2, 0.25) is 0 Å². The van der Waals surface area contributed by atoms with E-state index in [1.165, 1.54) is 0 Å². The van der Waals surface area contributed by atoms with Gasteiger partial charge in [0, 0.05) is 12.0 Å². The fourth-order valence-corrected chi connectivity index (χ4v) is 2.72. The lowest BCUT2D eigenvalue weighted by Gasteiger charge is -2.21. The Kier molecular flexibility index (Phi) is 4.99. The molecule has 0 fully saturated rings. The minimum atomic E-state index is -0.210. The second-order valence-electron chi connectivity index (χ2n) is 4.88. The van der Waals surface area contributed by atoms with E-state index in [4.69, 9.17) is 9.47 Å². The first-order valence-corrected chi connectivity index (χ1v) is 7.15. The SMILES string of the molecule is CCOC(=O)CCC1=C(C#N)c2cccc(OC)c2CC1. The van der Waals surface area contributed by atoms with Crippen LogP contribution in [0.4, 0.5) is 0 Å². The van der Waals surface area contributed by atoms with E-state index in [1.807, 2.05) is 18.2 Å². The molecule has 4 nitrogen and oxygen atoms in total. The second kappa shape index (κ2) is 6.94. The van der Waals surface area contributed by atoms with Crippen LogP contribution in [0, 0.1) is 11.3 Å². The van der Waals surface area contributed by atoms with Crippen LogP contribution in [0.1, 0.15) is 37.3 Å². The van der Waals surface area contributed by atoms with Crippen LogP contribution in [-0.4, -0.2) is 19.7 Å². The molecule has 1 aromatic rings. The van der Waals surface area contributed by atoms with Crippen molar-refractivity contribution in [2.75, 3.05) is 13.7 Å². The molecular weight excluding hydrogens is 266 g/mol. The number of allylic oxidation sites excluding steroid dienone is 2. The van der Waals surface area contributed by atoms with Gasteiger partial charge in [-0.25, -0.2) is 0 Å². The number of benzene rings is 1. The molecule has 0 saturated heterocycles. The lowest BCUT2D eigenvalue weighted by atomic mass is 9.84. The number of methoxy groups -OCH3 is 1. The first-order valence-electron chi connectivity index (χ1n) is 7.15. The smallest absolute Gasteiger partial charge is 0.306 e. The highest BCUT2D eigenvalue weighted by atomic mass is 16.5. The van der Waals surface area contributed by atoms with E-state index in [-0.39, 0.29) is 5.97 Å². The molecule has 0 radical (unpaired) electrons. The summed E-state index contributed by atoms with van der Waals surface area (Å²) >= 11 is 0. The molecule has 4 heteroatoms. The highest BCUT2D eigenvalue weighted by Crippen LogP contribution is 2.37.